The van der Waals surface area contributed by atoms with Crippen molar-refractivity contribution in [2.45, 2.75) is 19.4 Å². The topological polar surface area (TPSA) is 50.9 Å². The van der Waals surface area contributed by atoms with Crippen molar-refractivity contribution < 1.29 is 4.39 Å². The van der Waals surface area contributed by atoms with Gasteiger partial charge in [0.1, 0.15) is 5.82 Å². The predicted molar refractivity (Wildman–Crippen MR) is 82.9 cm³/mol. The Hall–Kier alpha value is -1.46. The highest BCUT2D eigenvalue weighted by Gasteiger charge is 2.19. The third kappa shape index (κ3) is 3.35. The molecule has 2 rings (SSSR count). The number of pyridine rings is 1. The van der Waals surface area contributed by atoms with Crippen LogP contribution in [0.5, 0.6) is 0 Å². The van der Waals surface area contributed by atoms with Gasteiger partial charge in [-0.1, -0.05) is 28.9 Å². The average molecular weight is 338 g/mol. The third-order valence-electron chi connectivity index (χ3n) is 3.16. The molecule has 0 bridgehead atoms. The second-order valence-corrected chi connectivity index (χ2v) is 5.38. The van der Waals surface area contributed by atoms with E-state index in [1.807, 2.05) is 13.0 Å². The molecule has 3 nitrogen and oxygen atoms in total. The molecule has 0 radical (unpaired) electrons. The van der Waals surface area contributed by atoms with Crippen molar-refractivity contribution in [2.24, 2.45) is 0 Å². The van der Waals surface area contributed by atoms with Crippen LogP contribution in [0, 0.1) is 5.82 Å². The Morgan fingerprint density at radius 3 is 2.85 bits per heavy atom. The van der Waals surface area contributed by atoms with Gasteiger partial charge in [-0.05, 0) is 36.7 Å². The zero-order valence-electron chi connectivity index (χ0n) is 11.2. The van der Waals surface area contributed by atoms with E-state index in [4.69, 9.17) is 5.73 Å². The van der Waals surface area contributed by atoms with Crippen LogP contribution in [-0.2, 0) is 6.42 Å². The zero-order chi connectivity index (χ0) is 14.5. The van der Waals surface area contributed by atoms with E-state index < -0.39 is 0 Å². The lowest BCUT2D eigenvalue weighted by atomic mass is 9.98. The highest BCUT2D eigenvalue weighted by atomic mass is 79.9. The van der Waals surface area contributed by atoms with E-state index in [0.717, 1.165) is 16.6 Å². The van der Waals surface area contributed by atoms with Crippen molar-refractivity contribution in [3.05, 3.63) is 58.1 Å². The Labute approximate surface area is 126 Å². The number of rotatable bonds is 5. The molecule has 0 aliphatic rings. The fraction of sp³-hybridized carbons (Fsp3) is 0.267. The van der Waals surface area contributed by atoms with Crippen LogP contribution >= 0.6 is 15.9 Å². The summed E-state index contributed by atoms with van der Waals surface area (Å²) in [4.78, 5) is 4.08. The van der Waals surface area contributed by atoms with Crippen molar-refractivity contribution in [3.8, 4) is 0 Å². The Bertz CT molecular complexity index is 569. The summed E-state index contributed by atoms with van der Waals surface area (Å²) in [6, 6.07) is 6.60. The Kier molecular flexibility index (Phi) is 5.09. The minimum Gasteiger partial charge on any atom is -0.398 e. The minimum absolute atomic E-state index is 0.151. The van der Waals surface area contributed by atoms with Crippen LogP contribution < -0.4 is 11.1 Å². The molecule has 1 unspecified atom stereocenters. The van der Waals surface area contributed by atoms with E-state index in [2.05, 4.69) is 26.2 Å². The van der Waals surface area contributed by atoms with Crippen LogP contribution in [0.25, 0.3) is 0 Å². The lowest BCUT2D eigenvalue weighted by Crippen LogP contribution is -2.24. The van der Waals surface area contributed by atoms with Crippen molar-refractivity contribution >= 4 is 21.6 Å². The van der Waals surface area contributed by atoms with Crippen LogP contribution in [0.3, 0.4) is 0 Å². The molecule has 106 valence electrons. The fourth-order valence-electron chi connectivity index (χ4n) is 2.19. The smallest absolute Gasteiger partial charge is 0.129 e. The first-order valence-corrected chi connectivity index (χ1v) is 7.28. The number of likely N-dealkylation sites (N-methyl/N-ethyl adjacent to an activating group) is 1. The summed E-state index contributed by atoms with van der Waals surface area (Å²) >= 11 is 3.42. The van der Waals surface area contributed by atoms with Crippen LogP contribution in [0.1, 0.15) is 24.1 Å². The first-order chi connectivity index (χ1) is 9.63. The molecule has 1 heterocycles. The SMILES string of the molecule is CCNC(Cc1cnccc1N)c1c(F)cccc1Br. The summed E-state index contributed by atoms with van der Waals surface area (Å²) in [7, 11) is 0. The van der Waals surface area contributed by atoms with Gasteiger partial charge in [-0.2, -0.15) is 0 Å². The van der Waals surface area contributed by atoms with Gasteiger partial charge in [-0.25, -0.2) is 4.39 Å². The van der Waals surface area contributed by atoms with E-state index in [1.165, 1.54) is 6.07 Å². The Balaban J connectivity index is 2.35. The van der Waals surface area contributed by atoms with E-state index in [0.29, 0.717) is 17.7 Å². The molecule has 5 heteroatoms. The van der Waals surface area contributed by atoms with Crippen molar-refractivity contribution in [2.75, 3.05) is 12.3 Å². The number of nitrogen functional groups attached to an aromatic ring is 1. The zero-order valence-corrected chi connectivity index (χ0v) is 12.8. The van der Waals surface area contributed by atoms with Gasteiger partial charge in [0.2, 0.25) is 0 Å². The third-order valence-corrected chi connectivity index (χ3v) is 3.86. The normalized spacial score (nSPS) is 12.3. The van der Waals surface area contributed by atoms with Crippen molar-refractivity contribution in [1.82, 2.24) is 10.3 Å². The summed E-state index contributed by atoms with van der Waals surface area (Å²) in [5, 5.41) is 3.30. The fourth-order valence-corrected chi connectivity index (χ4v) is 2.81. The Morgan fingerprint density at radius 2 is 2.20 bits per heavy atom. The first-order valence-electron chi connectivity index (χ1n) is 6.49. The molecule has 0 amide bonds. The monoisotopic (exact) mass is 337 g/mol. The van der Waals surface area contributed by atoms with Crippen LogP contribution in [0.2, 0.25) is 0 Å². The molecule has 0 spiro atoms. The molecule has 0 fully saturated rings. The number of nitrogens with zero attached hydrogens (tertiary/aromatic N) is 1. The number of halogens is 2. The van der Waals surface area contributed by atoms with Gasteiger partial charge >= 0.3 is 0 Å². The summed E-state index contributed by atoms with van der Waals surface area (Å²) in [5.41, 5.74) is 8.16. The minimum atomic E-state index is -0.229. The standard InChI is InChI=1S/C15H17BrFN3/c1-2-20-14(8-10-9-19-7-6-13(10)18)15-11(16)4-3-5-12(15)17/h3-7,9,14,20H,2,8H2,1H3,(H2,18,19). The molecule has 1 aromatic heterocycles. The maximum Gasteiger partial charge on any atom is 0.129 e. The molecule has 20 heavy (non-hydrogen) atoms. The molecule has 1 atom stereocenters. The molecule has 3 N–H and O–H groups in total. The summed E-state index contributed by atoms with van der Waals surface area (Å²) in [6.07, 6.45) is 3.97. The molecule has 0 aliphatic heterocycles. The lowest BCUT2D eigenvalue weighted by Gasteiger charge is -2.21. The molecule has 2 aromatic rings. The molecule has 0 saturated heterocycles. The lowest BCUT2D eigenvalue weighted by molar-refractivity contribution is 0.507. The maximum absolute atomic E-state index is 14.1. The van der Waals surface area contributed by atoms with E-state index in [-0.39, 0.29) is 11.9 Å². The van der Waals surface area contributed by atoms with E-state index in [1.54, 1.807) is 24.5 Å². The van der Waals surface area contributed by atoms with E-state index >= 15 is 0 Å². The van der Waals surface area contributed by atoms with Gasteiger partial charge in [-0.3, -0.25) is 4.98 Å². The predicted octanol–water partition coefficient (Wildman–Crippen LogP) is 3.46. The average Bonchev–Trinajstić information content (AvgIpc) is 2.41. The first kappa shape index (κ1) is 14.9. The maximum atomic E-state index is 14.1. The molecular formula is C15H17BrFN3. The van der Waals surface area contributed by atoms with Gasteiger partial charge in [0.25, 0.3) is 0 Å². The highest BCUT2D eigenvalue weighted by Crippen LogP contribution is 2.29. The summed E-state index contributed by atoms with van der Waals surface area (Å²) < 4.78 is 14.9. The largest absolute Gasteiger partial charge is 0.398 e. The summed E-state index contributed by atoms with van der Waals surface area (Å²) in [6.45, 7) is 2.74. The van der Waals surface area contributed by atoms with Gasteiger partial charge in [0.05, 0.1) is 0 Å². The van der Waals surface area contributed by atoms with Crippen LogP contribution in [-0.4, -0.2) is 11.5 Å². The van der Waals surface area contributed by atoms with Crippen LogP contribution in [0.4, 0.5) is 10.1 Å². The molecule has 1 aromatic carbocycles. The number of hydrogen-bond acceptors (Lipinski definition) is 3. The number of nitrogens with one attached hydrogen (secondary N) is 1. The second kappa shape index (κ2) is 6.81. The second-order valence-electron chi connectivity index (χ2n) is 4.52. The van der Waals surface area contributed by atoms with Gasteiger partial charge in [0, 0.05) is 34.2 Å². The van der Waals surface area contributed by atoms with Crippen molar-refractivity contribution in [1.29, 1.82) is 0 Å². The quantitative estimate of drug-likeness (QED) is 0.878. The number of anilines is 1. The number of benzene rings is 1. The van der Waals surface area contributed by atoms with Gasteiger partial charge < -0.3 is 11.1 Å². The number of nitrogens with two attached hydrogens (primary N) is 1. The number of aromatic nitrogens is 1. The van der Waals surface area contributed by atoms with Crippen molar-refractivity contribution in [3.63, 3.8) is 0 Å². The molecule has 0 aliphatic carbocycles. The summed E-state index contributed by atoms with van der Waals surface area (Å²) in [5.74, 6) is -0.229. The molecular weight excluding hydrogens is 321 g/mol. The molecule has 0 saturated carbocycles. The van der Waals surface area contributed by atoms with Crippen LogP contribution in [0.15, 0.2) is 41.1 Å². The highest BCUT2D eigenvalue weighted by molar-refractivity contribution is 9.10. The van der Waals surface area contributed by atoms with Gasteiger partial charge in [0.15, 0.2) is 0 Å². The number of hydrogen-bond donors (Lipinski definition) is 2. The van der Waals surface area contributed by atoms with E-state index in [9.17, 15) is 4.39 Å². The van der Waals surface area contributed by atoms with Gasteiger partial charge in [-0.15, -0.1) is 0 Å². The Morgan fingerprint density at radius 1 is 1.40 bits per heavy atom.